The Morgan fingerprint density at radius 1 is 1.50 bits per heavy atom. The molecule has 1 rings (SSSR count). The molecule has 58 valence electrons. The third-order valence-corrected chi connectivity index (χ3v) is 1.07. The molecule has 0 aromatic heterocycles. The number of rotatable bonds is 0. The number of amides is 1. The molecule has 0 aromatic rings. The van der Waals surface area contributed by atoms with Gasteiger partial charge >= 0.3 is 0 Å². The first-order chi connectivity index (χ1) is 4.70. The average Bonchev–Trinajstić information content (AvgIpc) is 2.16. The Morgan fingerprint density at radius 2 is 2.00 bits per heavy atom. The van der Waals surface area contributed by atoms with E-state index in [0.717, 1.165) is 5.84 Å². The summed E-state index contributed by atoms with van der Waals surface area (Å²) in [6, 6.07) is -0.171. The monoisotopic (exact) mass is 142 g/mol. The van der Waals surface area contributed by atoms with E-state index in [1.165, 1.54) is 0 Å². The van der Waals surface area contributed by atoms with Crippen molar-refractivity contribution < 1.29 is 4.79 Å². The Bertz CT molecular complexity index is 152. The summed E-state index contributed by atoms with van der Waals surface area (Å²) in [6.07, 6.45) is 0. The minimum absolute atomic E-state index is 0.00231. The van der Waals surface area contributed by atoms with Crippen LogP contribution in [0.5, 0.6) is 0 Å². The standard InChI is InChI=1S/C5H8N2O.C2H6/c1-3-5(8)7-4(2)6-3;1-2/h3H,1-2H3,(H,6,7,8);1-2H3. The lowest BCUT2D eigenvalue weighted by molar-refractivity contribution is -0.119. The third-order valence-electron chi connectivity index (χ3n) is 1.07. The van der Waals surface area contributed by atoms with Gasteiger partial charge in [-0.2, -0.15) is 0 Å². The first kappa shape index (κ1) is 9.14. The van der Waals surface area contributed by atoms with Crippen molar-refractivity contribution in [3.05, 3.63) is 0 Å². The molecule has 1 amide bonds. The molecule has 1 aliphatic heterocycles. The molecule has 1 unspecified atom stereocenters. The second-order valence-electron chi connectivity index (χ2n) is 1.88. The molecule has 0 fully saturated rings. The fraction of sp³-hybridized carbons (Fsp3) is 0.714. The summed E-state index contributed by atoms with van der Waals surface area (Å²) < 4.78 is 0. The summed E-state index contributed by atoms with van der Waals surface area (Å²) in [5.74, 6) is 0.727. The van der Waals surface area contributed by atoms with E-state index in [1.807, 2.05) is 13.8 Å². The Hall–Kier alpha value is -0.860. The van der Waals surface area contributed by atoms with Crippen molar-refractivity contribution in [2.75, 3.05) is 0 Å². The molecular formula is C7H14N2O. The van der Waals surface area contributed by atoms with Gasteiger partial charge in [-0.25, -0.2) is 0 Å². The van der Waals surface area contributed by atoms with Crippen molar-refractivity contribution >= 4 is 11.7 Å². The number of hydrogen-bond acceptors (Lipinski definition) is 2. The Labute approximate surface area is 61.5 Å². The summed E-state index contributed by atoms with van der Waals surface area (Å²) in [4.78, 5) is 14.5. The molecule has 0 bridgehead atoms. The lowest BCUT2D eigenvalue weighted by atomic mass is 10.4. The Kier molecular flexibility index (Phi) is 3.69. The predicted molar refractivity (Wildman–Crippen MR) is 42.1 cm³/mol. The molecule has 3 nitrogen and oxygen atoms in total. The van der Waals surface area contributed by atoms with Crippen LogP contribution in [0.25, 0.3) is 0 Å². The number of carbonyl (C=O) groups is 1. The van der Waals surface area contributed by atoms with Gasteiger partial charge < -0.3 is 5.32 Å². The first-order valence-electron chi connectivity index (χ1n) is 3.55. The van der Waals surface area contributed by atoms with Crippen molar-refractivity contribution in [2.24, 2.45) is 4.99 Å². The zero-order valence-electron chi connectivity index (χ0n) is 6.93. The highest BCUT2D eigenvalue weighted by atomic mass is 16.2. The highest BCUT2D eigenvalue weighted by Crippen LogP contribution is 1.96. The second kappa shape index (κ2) is 4.04. The summed E-state index contributed by atoms with van der Waals surface area (Å²) >= 11 is 0. The van der Waals surface area contributed by atoms with Crippen molar-refractivity contribution in [3.63, 3.8) is 0 Å². The summed E-state index contributed by atoms with van der Waals surface area (Å²) in [5, 5.41) is 2.58. The van der Waals surface area contributed by atoms with Gasteiger partial charge in [0.1, 0.15) is 11.9 Å². The van der Waals surface area contributed by atoms with Crippen LogP contribution in [0.4, 0.5) is 0 Å². The molecule has 0 saturated heterocycles. The molecule has 1 N–H and O–H groups in total. The largest absolute Gasteiger partial charge is 0.313 e. The summed E-state index contributed by atoms with van der Waals surface area (Å²) in [7, 11) is 0. The Balaban J connectivity index is 0.000000371. The molecule has 0 saturated carbocycles. The van der Waals surface area contributed by atoms with Crippen LogP contribution in [-0.2, 0) is 4.79 Å². The highest BCUT2D eigenvalue weighted by molar-refractivity contribution is 6.04. The normalized spacial score (nSPS) is 22.6. The average molecular weight is 142 g/mol. The van der Waals surface area contributed by atoms with Crippen molar-refractivity contribution in [2.45, 2.75) is 33.7 Å². The fourth-order valence-electron chi connectivity index (χ4n) is 0.664. The summed E-state index contributed by atoms with van der Waals surface area (Å²) in [6.45, 7) is 7.55. The smallest absolute Gasteiger partial charge is 0.249 e. The number of carbonyl (C=O) groups excluding carboxylic acids is 1. The van der Waals surface area contributed by atoms with E-state index in [2.05, 4.69) is 10.3 Å². The minimum Gasteiger partial charge on any atom is -0.313 e. The second-order valence-corrected chi connectivity index (χ2v) is 1.88. The van der Waals surface area contributed by atoms with E-state index >= 15 is 0 Å². The number of aliphatic imine (C=N–C) groups is 1. The van der Waals surface area contributed by atoms with Crippen LogP contribution in [0.1, 0.15) is 27.7 Å². The van der Waals surface area contributed by atoms with Gasteiger partial charge in [-0.05, 0) is 13.8 Å². The SMILES string of the molecule is CC.CC1=NC(C)C(=O)N1. The molecule has 0 spiro atoms. The van der Waals surface area contributed by atoms with Gasteiger partial charge in [-0.3, -0.25) is 9.79 Å². The molecule has 0 aromatic carbocycles. The van der Waals surface area contributed by atoms with E-state index in [4.69, 9.17) is 0 Å². The van der Waals surface area contributed by atoms with Crippen molar-refractivity contribution in [1.29, 1.82) is 0 Å². The minimum atomic E-state index is -0.171. The number of amidine groups is 1. The van der Waals surface area contributed by atoms with Crippen molar-refractivity contribution in [3.8, 4) is 0 Å². The number of hydrogen-bond donors (Lipinski definition) is 1. The van der Waals surface area contributed by atoms with Gasteiger partial charge in [0.15, 0.2) is 0 Å². The highest BCUT2D eigenvalue weighted by Gasteiger charge is 2.17. The van der Waals surface area contributed by atoms with Gasteiger partial charge in [0.25, 0.3) is 0 Å². The van der Waals surface area contributed by atoms with Crippen molar-refractivity contribution in [1.82, 2.24) is 5.32 Å². The first-order valence-corrected chi connectivity index (χ1v) is 3.55. The maximum Gasteiger partial charge on any atom is 0.249 e. The molecule has 10 heavy (non-hydrogen) atoms. The molecular weight excluding hydrogens is 128 g/mol. The van der Waals surface area contributed by atoms with E-state index in [1.54, 1.807) is 13.8 Å². The van der Waals surface area contributed by atoms with E-state index in [-0.39, 0.29) is 11.9 Å². The number of nitrogens with zero attached hydrogens (tertiary/aromatic N) is 1. The van der Waals surface area contributed by atoms with Gasteiger partial charge in [-0.15, -0.1) is 0 Å². The molecule has 1 aliphatic rings. The molecule has 1 atom stereocenters. The topological polar surface area (TPSA) is 41.5 Å². The maximum absolute atomic E-state index is 10.6. The number of nitrogens with one attached hydrogen (secondary N) is 1. The van der Waals surface area contributed by atoms with Crippen LogP contribution in [0.2, 0.25) is 0 Å². The molecule has 3 heteroatoms. The lowest BCUT2D eigenvalue weighted by Gasteiger charge is -1.89. The van der Waals surface area contributed by atoms with E-state index < -0.39 is 0 Å². The van der Waals surface area contributed by atoms with E-state index in [0.29, 0.717) is 0 Å². The van der Waals surface area contributed by atoms with Crippen LogP contribution in [0.15, 0.2) is 4.99 Å². The fourth-order valence-corrected chi connectivity index (χ4v) is 0.664. The van der Waals surface area contributed by atoms with Gasteiger partial charge in [0.2, 0.25) is 5.91 Å². The van der Waals surface area contributed by atoms with Crippen LogP contribution in [0.3, 0.4) is 0 Å². The van der Waals surface area contributed by atoms with Crippen LogP contribution in [-0.4, -0.2) is 17.8 Å². The zero-order valence-corrected chi connectivity index (χ0v) is 6.93. The maximum atomic E-state index is 10.6. The van der Waals surface area contributed by atoms with Gasteiger partial charge in [0, 0.05) is 0 Å². The molecule has 1 heterocycles. The van der Waals surface area contributed by atoms with Crippen LogP contribution >= 0.6 is 0 Å². The Morgan fingerprint density at radius 3 is 2.10 bits per heavy atom. The predicted octanol–water partition coefficient (Wildman–Crippen LogP) is 0.949. The van der Waals surface area contributed by atoms with E-state index in [9.17, 15) is 4.79 Å². The van der Waals surface area contributed by atoms with Gasteiger partial charge in [0.05, 0.1) is 0 Å². The third kappa shape index (κ3) is 2.17. The summed E-state index contributed by atoms with van der Waals surface area (Å²) in [5.41, 5.74) is 0. The zero-order chi connectivity index (χ0) is 8.15. The lowest BCUT2D eigenvalue weighted by Crippen LogP contribution is -2.25. The van der Waals surface area contributed by atoms with Crippen LogP contribution in [0, 0.1) is 0 Å². The molecule has 0 aliphatic carbocycles. The van der Waals surface area contributed by atoms with Crippen LogP contribution < -0.4 is 5.32 Å². The van der Waals surface area contributed by atoms with Gasteiger partial charge in [-0.1, -0.05) is 13.8 Å². The molecule has 0 radical (unpaired) electrons. The quantitative estimate of drug-likeness (QED) is 0.537.